The highest BCUT2D eigenvalue weighted by Crippen LogP contribution is 2.06. The van der Waals surface area contributed by atoms with E-state index < -0.39 is 0 Å². The summed E-state index contributed by atoms with van der Waals surface area (Å²) in [5, 5.41) is 8.84. The molecule has 2 aliphatic heterocycles. The lowest BCUT2D eigenvalue weighted by Crippen LogP contribution is -2.49. The Kier molecular flexibility index (Phi) is 7.12. The van der Waals surface area contributed by atoms with E-state index in [2.05, 4.69) is 16.0 Å². The summed E-state index contributed by atoms with van der Waals surface area (Å²) < 4.78 is 5.29. The smallest absolute Gasteiger partial charge is 0.242 e. The van der Waals surface area contributed by atoms with Crippen molar-refractivity contribution in [3.8, 4) is 0 Å². The zero-order valence-electron chi connectivity index (χ0n) is 10.9. The molecule has 2 saturated heterocycles. The molecule has 19 heavy (non-hydrogen) atoms. The molecule has 2 amide bonds. The van der Waals surface area contributed by atoms with Crippen LogP contribution >= 0.6 is 12.4 Å². The summed E-state index contributed by atoms with van der Waals surface area (Å²) >= 11 is 0. The molecule has 0 aromatic carbocycles. The van der Waals surface area contributed by atoms with Crippen molar-refractivity contribution in [1.29, 1.82) is 0 Å². The van der Waals surface area contributed by atoms with E-state index >= 15 is 0 Å². The van der Waals surface area contributed by atoms with Crippen LogP contribution in [0.4, 0.5) is 0 Å². The topological polar surface area (TPSA) is 79.5 Å². The normalized spacial score (nSPS) is 27.7. The van der Waals surface area contributed by atoms with Gasteiger partial charge in [-0.25, -0.2) is 0 Å². The van der Waals surface area contributed by atoms with E-state index in [0.29, 0.717) is 26.2 Å². The van der Waals surface area contributed by atoms with Gasteiger partial charge in [0.05, 0.1) is 13.2 Å². The Morgan fingerprint density at radius 3 is 2.95 bits per heavy atom. The van der Waals surface area contributed by atoms with Crippen molar-refractivity contribution in [2.45, 2.75) is 37.8 Å². The van der Waals surface area contributed by atoms with Crippen LogP contribution < -0.4 is 16.0 Å². The second-order valence-corrected chi connectivity index (χ2v) is 4.84. The maximum absolute atomic E-state index is 11.9. The van der Waals surface area contributed by atoms with E-state index in [9.17, 15) is 9.59 Å². The number of hydrogen-bond acceptors (Lipinski definition) is 4. The van der Waals surface area contributed by atoms with E-state index in [-0.39, 0.29) is 36.3 Å². The molecular weight excluding hydrogens is 270 g/mol. The second kappa shape index (κ2) is 8.35. The number of rotatable bonds is 3. The predicted molar refractivity (Wildman–Crippen MR) is 73.3 cm³/mol. The number of carbonyl (C=O) groups is 2. The van der Waals surface area contributed by atoms with Crippen LogP contribution in [0.15, 0.2) is 0 Å². The third-order valence-electron chi connectivity index (χ3n) is 3.30. The molecule has 0 aromatic rings. The number of hydrogen-bond donors (Lipinski definition) is 3. The Morgan fingerprint density at radius 1 is 1.37 bits per heavy atom. The van der Waals surface area contributed by atoms with Crippen LogP contribution in [0.2, 0.25) is 0 Å². The fourth-order valence-corrected chi connectivity index (χ4v) is 2.30. The fraction of sp³-hybridized carbons (Fsp3) is 0.833. The first-order valence-electron chi connectivity index (χ1n) is 6.64. The Labute approximate surface area is 119 Å². The minimum absolute atomic E-state index is 0. The first-order valence-corrected chi connectivity index (χ1v) is 6.64. The highest BCUT2D eigenvalue weighted by atomic mass is 35.5. The van der Waals surface area contributed by atoms with Gasteiger partial charge in [0.1, 0.15) is 6.04 Å². The van der Waals surface area contributed by atoms with E-state index in [1.807, 2.05) is 0 Å². The molecule has 3 N–H and O–H groups in total. The molecule has 2 heterocycles. The van der Waals surface area contributed by atoms with Gasteiger partial charge in [-0.3, -0.25) is 9.59 Å². The molecule has 2 atom stereocenters. The molecule has 0 bridgehead atoms. The molecule has 0 aromatic heterocycles. The van der Waals surface area contributed by atoms with Crippen LogP contribution in [0.1, 0.15) is 25.7 Å². The van der Waals surface area contributed by atoms with Crippen LogP contribution in [0.3, 0.4) is 0 Å². The van der Waals surface area contributed by atoms with Crippen LogP contribution in [-0.4, -0.2) is 50.2 Å². The summed E-state index contributed by atoms with van der Waals surface area (Å²) in [4.78, 5) is 23.5. The van der Waals surface area contributed by atoms with Gasteiger partial charge < -0.3 is 20.7 Å². The maximum atomic E-state index is 11.9. The Balaban J connectivity index is 0.00000180. The lowest BCUT2D eigenvalue weighted by Gasteiger charge is -2.24. The van der Waals surface area contributed by atoms with Gasteiger partial charge in [0.2, 0.25) is 11.8 Å². The third-order valence-corrected chi connectivity index (χ3v) is 3.30. The van der Waals surface area contributed by atoms with Crippen LogP contribution in [0, 0.1) is 0 Å². The molecule has 2 aliphatic rings. The molecule has 7 heteroatoms. The van der Waals surface area contributed by atoms with E-state index in [4.69, 9.17) is 4.74 Å². The molecule has 2 unspecified atom stereocenters. The van der Waals surface area contributed by atoms with E-state index in [0.717, 1.165) is 25.8 Å². The highest BCUT2D eigenvalue weighted by molar-refractivity contribution is 5.87. The largest absolute Gasteiger partial charge is 0.378 e. The van der Waals surface area contributed by atoms with Crippen molar-refractivity contribution in [3.63, 3.8) is 0 Å². The van der Waals surface area contributed by atoms with Crippen LogP contribution in [-0.2, 0) is 14.3 Å². The average molecular weight is 292 g/mol. The molecule has 2 fully saturated rings. The zero-order chi connectivity index (χ0) is 12.8. The molecule has 110 valence electrons. The van der Waals surface area contributed by atoms with E-state index in [1.54, 1.807) is 0 Å². The van der Waals surface area contributed by atoms with Crippen LogP contribution in [0.25, 0.3) is 0 Å². The number of nitrogens with one attached hydrogen (secondary N) is 3. The first-order chi connectivity index (χ1) is 8.75. The zero-order valence-corrected chi connectivity index (χ0v) is 11.8. The molecule has 0 aliphatic carbocycles. The summed E-state index contributed by atoms with van der Waals surface area (Å²) in [6.45, 7) is 2.75. The van der Waals surface area contributed by atoms with Crippen molar-refractivity contribution in [2.75, 3.05) is 26.3 Å². The summed E-state index contributed by atoms with van der Waals surface area (Å²) in [6.07, 6.45) is 3.04. The van der Waals surface area contributed by atoms with Crippen molar-refractivity contribution < 1.29 is 14.3 Å². The lowest BCUT2D eigenvalue weighted by molar-refractivity contribution is -0.129. The summed E-state index contributed by atoms with van der Waals surface area (Å²) in [5.74, 6) is -0.145. The number of halogens is 1. The Morgan fingerprint density at radius 2 is 2.21 bits per heavy atom. The predicted octanol–water partition coefficient (Wildman–Crippen LogP) is -0.428. The van der Waals surface area contributed by atoms with Gasteiger partial charge in [-0.05, 0) is 19.3 Å². The maximum Gasteiger partial charge on any atom is 0.242 e. The standard InChI is InChI=1S/C12H21N3O3.ClH/c16-11(7-9-8-18-6-5-13-9)15-10-3-1-2-4-14-12(10)17;/h9-10,13H,1-8H2,(H,14,17)(H,15,16);1H. The summed E-state index contributed by atoms with van der Waals surface area (Å²) in [5.41, 5.74) is 0. The van der Waals surface area contributed by atoms with Gasteiger partial charge in [0, 0.05) is 25.6 Å². The molecule has 0 spiro atoms. The van der Waals surface area contributed by atoms with Crippen molar-refractivity contribution in [2.24, 2.45) is 0 Å². The molecule has 2 rings (SSSR count). The minimum atomic E-state index is -0.371. The minimum Gasteiger partial charge on any atom is -0.378 e. The number of amides is 2. The Bertz CT molecular complexity index is 309. The van der Waals surface area contributed by atoms with Gasteiger partial charge in [0.25, 0.3) is 0 Å². The van der Waals surface area contributed by atoms with Crippen LogP contribution in [0.5, 0.6) is 0 Å². The molecule has 0 radical (unpaired) electrons. The monoisotopic (exact) mass is 291 g/mol. The van der Waals surface area contributed by atoms with Gasteiger partial charge in [-0.2, -0.15) is 0 Å². The first kappa shape index (κ1) is 16.2. The highest BCUT2D eigenvalue weighted by Gasteiger charge is 2.24. The fourth-order valence-electron chi connectivity index (χ4n) is 2.30. The second-order valence-electron chi connectivity index (χ2n) is 4.84. The third kappa shape index (κ3) is 5.34. The lowest BCUT2D eigenvalue weighted by atomic mass is 10.1. The van der Waals surface area contributed by atoms with Crippen molar-refractivity contribution in [3.05, 3.63) is 0 Å². The average Bonchev–Trinajstić information content (AvgIpc) is 2.56. The van der Waals surface area contributed by atoms with Gasteiger partial charge in [0.15, 0.2) is 0 Å². The van der Waals surface area contributed by atoms with Gasteiger partial charge in [-0.1, -0.05) is 0 Å². The summed E-state index contributed by atoms with van der Waals surface area (Å²) in [7, 11) is 0. The summed E-state index contributed by atoms with van der Waals surface area (Å²) in [6, 6.07) is -0.308. The van der Waals surface area contributed by atoms with Gasteiger partial charge in [-0.15, -0.1) is 12.4 Å². The van der Waals surface area contributed by atoms with Crippen molar-refractivity contribution in [1.82, 2.24) is 16.0 Å². The molecular formula is C12H22ClN3O3. The number of morpholine rings is 1. The number of ether oxygens (including phenoxy) is 1. The Hall–Kier alpha value is -0.850. The van der Waals surface area contributed by atoms with E-state index in [1.165, 1.54) is 0 Å². The molecule has 0 saturated carbocycles. The van der Waals surface area contributed by atoms with Gasteiger partial charge >= 0.3 is 0 Å². The van der Waals surface area contributed by atoms with Crippen molar-refractivity contribution >= 4 is 24.2 Å². The number of carbonyl (C=O) groups excluding carboxylic acids is 2. The SMILES string of the molecule is Cl.O=C(CC1COCCN1)NC1CCCCNC1=O. The quantitative estimate of drug-likeness (QED) is 0.659. The molecule has 6 nitrogen and oxygen atoms in total.